The molecule has 2 amide bonds. The van der Waals surface area contributed by atoms with Crippen LogP contribution in [0.25, 0.3) is 0 Å². The van der Waals surface area contributed by atoms with Gasteiger partial charge >= 0.3 is 0 Å². The van der Waals surface area contributed by atoms with E-state index in [4.69, 9.17) is 0 Å². The molecule has 1 saturated heterocycles. The summed E-state index contributed by atoms with van der Waals surface area (Å²) in [4.78, 5) is 29.5. The monoisotopic (exact) mass is 420 g/mol. The number of likely N-dealkylation sites (N-methyl/N-ethyl adjacent to an activating group) is 1. The number of carbonyl (C=O) groups is 2. The standard InChI is InChI=1S/C27H36N2O2/c1-19(2)21-9-7-10-22(17-21)25(30)28(6)14-11-20-15-23(26(31)29-12-8-13-29)18-24(16-20)27(3,4)5/h7,9-10,15-19H,8,11-14H2,1-6H3. The third-order valence-electron chi connectivity index (χ3n) is 6.13. The zero-order chi connectivity index (χ0) is 22.8. The molecular weight excluding hydrogens is 384 g/mol. The Morgan fingerprint density at radius 2 is 1.74 bits per heavy atom. The van der Waals surface area contributed by atoms with Crippen LogP contribution in [-0.2, 0) is 11.8 Å². The van der Waals surface area contributed by atoms with Gasteiger partial charge < -0.3 is 9.80 Å². The van der Waals surface area contributed by atoms with Gasteiger partial charge in [-0.1, -0.05) is 52.8 Å². The molecule has 0 bridgehead atoms. The first-order valence-electron chi connectivity index (χ1n) is 11.4. The summed E-state index contributed by atoms with van der Waals surface area (Å²) >= 11 is 0. The Balaban J connectivity index is 1.76. The highest BCUT2D eigenvalue weighted by atomic mass is 16.2. The Bertz CT molecular complexity index is 952. The number of nitrogens with zero attached hydrogens (tertiary/aromatic N) is 2. The predicted molar refractivity (Wildman–Crippen MR) is 127 cm³/mol. The van der Waals surface area contributed by atoms with Gasteiger partial charge in [0.05, 0.1) is 0 Å². The number of likely N-dealkylation sites (tertiary alicyclic amines) is 1. The summed E-state index contributed by atoms with van der Waals surface area (Å²) in [5.74, 6) is 0.542. The molecule has 0 saturated carbocycles. The molecule has 31 heavy (non-hydrogen) atoms. The predicted octanol–water partition coefficient (Wildman–Crippen LogP) is 5.27. The van der Waals surface area contributed by atoms with Crippen molar-refractivity contribution in [2.24, 2.45) is 0 Å². The van der Waals surface area contributed by atoms with E-state index >= 15 is 0 Å². The van der Waals surface area contributed by atoms with Crippen molar-refractivity contribution >= 4 is 11.8 Å². The second-order valence-corrected chi connectivity index (χ2v) is 10.1. The van der Waals surface area contributed by atoms with Gasteiger partial charge in [-0.15, -0.1) is 0 Å². The second kappa shape index (κ2) is 9.25. The molecule has 166 valence electrons. The molecule has 1 aliphatic rings. The van der Waals surface area contributed by atoms with Crippen molar-refractivity contribution in [3.05, 3.63) is 70.3 Å². The van der Waals surface area contributed by atoms with Crippen molar-refractivity contribution in [3.63, 3.8) is 0 Å². The maximum absolute atomic E-state index is 12.9. The fraction of sp³-hybridized carbons (Fsp3) is 0.481. The van der Waals surface area contributed by atoms with Gasteiger partial charge in [-0.25, -0.2) is 0 Å². The molecular formula is C27H36N2O2. The Morgan fingerprint density at radius 3 is 2.32 bits per heavy atom. The molecule has 0 aliphatic carbocycles. The average molecular weight is 421 g/mol. The highest BCUT2D eigenvalue weighted by molar-refractivity contribution is 5.95. The Kier molecular flexibility index (Phi) is 6.88. The van der Waals surface area contributed by atoms with Crippen LogP contribution in [0.15, 0.2) is 42.5 Å². The van der Waals surface area contributed by atoms with Crippen LogP contribution in [0.5, 0.6) is 0 Å². The number of hydrogen-bond donors (Lipinski definition) is 0. The topological polar surface area (TPSA) is 40.6 Å². The maximum atomic E-state index is 12.9. The Morgan fingerprint density at radius 1 is 1.03 bits per heavy atom. The lowest BCUT2D eigenvalue weighted by atomic mass is 9.84. The molecule has 0 aromatic heterocycles. The van der Waals surface area contributed by atoms with Gasteiger partial charge in [0.25, 0.3) is 11.8 Å². The first-order chi connectivity index (χ1) is 14.6. The van der Waals surface area contributed by atoms with Crippen molar-refractivity contribution in [1.29, 1.82) is 0 Å². The summed E-state index contributed by atoms with van der Waals surface area (Å²) in [6.45, 7) is 13.1. The van der Waals surface area contributed by atoms with Gasteiger partial charge in [0.15, 0.2) is 0 Å². The van der Waals surface area contributed by atoms with Crippen LogP contribution < -0.4 is 0 Å². The van der Waals surface area contributed by atoms with E-state index in [1.54, 1.807) is 4.90 Å². The highest BCUT2D eigenvalue weighted by Gasteiger charge is 2.24. The lowest BCUT2D eigenvalue weighted by Gasteiger charge is -2.31. The van der Waals surface area contributed by atoms with Gasteiger partial charge in [-0.3, -0.25) is 9.59 Å². The molecule has 0 unspecified atom stereocenters. The van der Waals surface area contributed by atoms with Crippen LogP contribution in [0.1, 0.15) is 84.4 Å². The number of carbonyl (C=O) groups excluding carboxylic acids is 2. The molecule has 3 rings (SSSR count). The summed E-state index contributed by atoms with van der Waals surface area (Å²) in [6, 6.07) is 14.1. The lowest BCUT2D eigenvalue weighted by molar-refractivity contribution is 0.0651. The number of rotatable bonds is 6. The van der Waals surface area contributed by atoms with E-state index in [0.717, 1.165) is 48.2 Å². The zero-order valence-electron chi connectivity index (χ0n) is 19.9. The molecule has 0 spiro atoms. The molecule has 0 radical (unpaired) electrons. The van der Waals surface area contributed by atoms with E-state index < -0.39 is 0 Å². The first-order valence-corrected chi connectivity index (χ1v) is 11.4. The first kappa shape index (κ1) is 23.1. The summed E-state index contributed by atoms with van der Waals surface area (Å²) in [7, 11) is 1.85. The molecule has 2 aromatic rings. The molecule has 1 fully saturated rings. The Labute approximate surface area is 187 Å². The smallest absolute Gasteiger partial charge is 0.253 e. The van der Waals surface area contributed by atoms with Gasteiger partial charge in [0.2, 0.25) is 0 Å². The van der Waals surface area contributed by atoms with Crippen molar-refractivity contribution in [2.45, 2.75) is 58.8 Å². The van der Waals surface area contributed by atoms with Crippen LogP contribution in [0.3, 0.4) is 0 Å². The summed E-state index contributed by atoms with van der Waals surface area (Å²) in [5, 5.41) is 0. The summed E-state index contributed by atoms with van der Waals surface area (Å²) < 4.78 is 0. The van der Waals surface area contributed by atoms with Crippen molar-refractivity contribution in [2.75, 3.05) is 26.7 Å². The van der Waals surface area contributed by atoms with E-state index in [0.29, 0.717) is 12.5 Å². The van der Waals surface area contributed by atoms with E-state index in [1.165, 1.54) is 5.56 Å². The van der Waals surface area contributed by atoms with Gasteiger partial charge in [-0.05, 0) is 65.1 Å². The van der Waals surface area contributed by atoms with Crippen LogP contribution in [0.4, 0.5) is 0 Å². The van der Waals surface area contributed by atoms with Crippen LogP contribution >= 0.6 is 0 Å². The SMILES string of the molecule is CC(C)c1cccc(C(=O)N(C)CCc2cc(C(=O)N3CCC3)cc(C(C)(C)C)c2)c1. The molecule has 2 aromatic carbocycles. The zero-order valence-corrected chi connectivity index (χ0v) is 19.9. The van der Waals surface area contributed by atoms with E-state index in [9.17, 15) is 9.59 Å². The largest absolute Gasteiger partial charge is 0.341 e. The van der Waals surface area contributed by atoms with E-state index in [-0.39, 0.29) is 17.2 Å². The van der Waals surface area contributed by atoms with Gasteiger partial charge in [-0.2, -0.15) is 0 Å². The van der Waals surface area contributed by atoms with Crippen LogP contribution in [0, 0.1) is 0 Å². The van der Waals surface area contributed by atoms with E-state index in [2.05, 4.69) is 46.8 Å². The fourth-order valence-corrected chi connectivity index (χ4v) is 3.74. The van der Waals surface area contributed by atoms with Crippen molar-refractivity contribution < 1.29 is 9.59 Å². The molecule has 1 aliphatic heterocycles. The molecule has 0 N–H and O–H groups in total. The maximum Gasteiger partial charge on any atom is 0.253 e. The molecule has 4 nitrogen and oxygen atoms in total. The third-order valence-corrected chi connectivity index (χ3v) is 6.13. The molecule has 0 atom stereocenters. The quantitative estimate of drug-likeness (QED) is 0.639. The minimum atomic E-state index is -0.0427. The fourth-order valence-electron chi connectivity index (χ4n) is 3.74. The molecule has 1 heterocycles. The average Bonchev–Trinajstić information content (AvgIpc) is 2.69. The molecule has 4 heteroatoms. The minimum absolute atomic E-state index is 0.0337. The number of hydrogen-bond acceptors (Lipinski definition) is 2. The summed E-state index contributed by atoms with van der Waals surface area (Å²) in [6.07, 6.45) is 1.80. The van der Waals surface area contributed by atoms with Crippen LogP contribution in [0.2, 0.25) is 0 Å². The van der Waals surface area contributed by atoms with Gasteiger partial charge in [0, 0.05) is 37.8 Å². The summed E-state index contributed by atoms with van der Waals surface area (Å²) in [5.41, 5.74) is 4.89. The minimum Gasteiger partial charge on any atom is -0.341 e. The number of benzene rings is 2. The second-order valence-electron chi connectivity index (χ2n) is 10.1. The number of amides is 2. The highest BCUT2D eigenvalue weighted by Crippen LogP contribution is 2.26. The normalized spacial score (nSPS) is 13.8. The third kappa shape index (κ3) is 5.55. The Hall–Kier alpha value is -2.62. The lowest BCUT2D eigenvalue weighted by Crippen LogP contribution is -2.42. The van der Waals surface area contributed by atoms with E-state index in [1.807, 2.05) is 42.3 Å². The van der Waals surface area contributed by atoms with Crippen molar-refractivity contribution in [3.8, 4) is 0 Å². The van der Waals surface area contributed by atoms with Crippen molar-refractivity contribution in [1.82, 2.24) is 9.80 Å². The van der Waals surface area contributed by atoms with Crippen LogP contribution in [-0.4, -0.2) is 48.3 Å². The van der Waals surface area contributed by atoms with Gasteiger partial charge in [0.1, 0.15) is 0 Å².